The van der Waals surface area contributed by atoms with Gasteiger partial charge in [0, 0.05) is 31.3 Å². The van der Waals surface area contributed by atoms with E-state index in [1.165, 1.54) is 0 Å². The molecule has 0 saturated carbocycles. The summed E-state index contributed by atoms with van der Waals surface area (Å²) in [6, 6.07) is 1.11. The van der Waals surface area contributed by atoms with Crippen molar-refractivity contribution >= 4 is 11.9 Å². The Morgan fingerprint density at radius 1 is 1.45 bits per heavy atom. The van der Waals surface area contributed by atoms with Crippen LogP contribution in [0, 0.1) is 0 Å². The molecule has 1 aromatic rings. The fourth-order valence-corrected chi connectivity index (χ4v) is 2.39. The Morgan fingerprint density at radius 2 is 2.25 bits per heavy atom. The molecule has 0 fully saturated rings. The first-order valence-electron chi connectivity index (χ1n) is 6.57. The SMILES string of the molecule is NC(=O)NC(=O)CCCN1CCc2cc[nH]c(=O)c2C1. The van der Waals surface area contributed by atoms with E-state index in [9.17, 15) is 14.4 Å². The lowest BCUT2D eigenvalue weighted by Gasteiger charge is -2.27. The summed E-state index contributed by atoms with van der Waals surface area (Å²) in [5.41, 5.74) is 6.72. The molecule has 0 radical (unpaired) electrons. The minimum atomic E-state index is -0.826. The average Bonchev–Trinajstić information content (AvgIpc) is 2.39. The van der Waals surface area contributed by atoms with E-state index in [4.69, 9.17) is 5.73 Å². The van der Waals surface area contributed by atoms with Crippen molar-refractivity contribution in [1.29, 1.82) is 0 Å². The zero-order chi connectivity index (χ0) is 14.5. The van der Waals surface area contributed by atoms with Gasteiger partial charge in [-0.05, 0) is 31.0 Å². The van der Waals surface area contributed by atoms with Crippen LogP contribution in [0.2, 0.25) is 0 Å². The zero-order valence-electron chi connectivity index (χ0n) is 11.1. The highest BCUT2D eigenvalue weighted by atomic mass is 16.2. The molecule has 0 bridgehead atoms. The number of pyridine rings is 1. The molecule has 0 aliphatic carbocycles. The molecule has 20 heavy (non-hydrogen) atoms. The van der Waals surface area contributed by atoms with Crippen molar-refractivity contribution in [2.24, 2.45) is 5.73 Å². The summed E-state index contributed by atoms with van der Waals surface area (Å²) < 4.78 is 0. The fraction of sp³-hybridized carbons (Fsp3) is 0.462. The second-order valence-electron chi connectivity index (χ2n) is 4.85. The van der Waals surface area contributed by atoms with Crippen molar-refractivity contribution in [3.63, 3.8) is 0 Å². The number of hydrogen-bond donors (Lipinski definition) is 3. The summed E-state index contributed by atoms with van der Waals surface area (Å²) in [4.78, 5) is 38.3. The number of imide groups is 1. The number of carbonyl (C=O) groups is 2. The molecule has 2 rings (SSSR count). The third-order valence-corrected chi connectivity index (χ3v) is 3.38. The number of urea groups is 1. The number of primary amides is 1. The number of amides is 3. The van der Waals surface area contributed by atoms with Crippen molar-refractivity contribution in [3.8, 4) is 0 Å². The lowest BCUT2D eigenvalue weighted by atomic mass is 10.0. The minimum Gasteiger partial charge on any atom is -0.351 e. The zero-order valence-corrected chi connectivity index (χ0v) is 11.1. The van der Waals surface area contributed by atoms with Gasteiger partial charge in [-0.15, -0.1) is 0 Å². The Balaban J connectivity index is 1.82. The van der Waals surface area contributed by atoms with Crippen LogP contribution in [0.4, 0.5) is 4.79 Å². The summed E-state index contributed by atoms with van der Waals surface area (Å²) in [6.45, 7) is 2.18. The van der Waals surface area contributed by atoms with E-state index < -0.39 is 6.03 Å². The van der Waals surface area contributed by atoms with E-state index in [-0.39, 0.29) is 17.9 Å². The van der Waals surface area contributed by atoms with Crippen molar-refractivity contribution in [2.75, 3.05) is 13.1 Å². The number of nitrogens with two attached hydrogens (primary N) is 1. The van der Waals surface area contributed by atoms with Gasteiger partial charge in [0.2, 0.25) is 5.91 Å². The highest BCUT2D eigenvalue weighted by Gasteiger charge is 2.18. The van der Waals surface area contributed by atoms with Crippen LogP contribution >= 0.6 is 0 Å². The Labute approximate surface area is 116 Å². The van der Waals surface area contributed by atoms with Gasteiger partial charge in [-0.2, -0.15) is 0 Å². The molecule has 0 aromatic carbocycles. The van der Waals surface area contributed by atoms with Crippen LogP contribution in [-0.4, -0.2) is 34.9 Å². The number of nitrogens with one attached hydrogen (secondary N) is 2. The first-order chi connectivity index (χ1) is 9.56. The molecule has 2 heterocycles. The number of rotatable bonds is 4. The highest BCUT2D eigenvalue weighted by molar-refractivity contribution is 5.93. The van der Waals surface area contributed by atoms with Gasteiger partial charge in [0.25, 0.3) is 5.56 Å². The summed E-state index contributed by atoms with van der Waals surface area (Å²) in [7, 11) is 0. The van der Waals surface area contributed by atoms with Crippen molar-refractivity contribution in [3.05, 3.63) is 33.7 Å². The number of hydrogen-bond acceptors (Lipinski definition) is 4. The lowest BCUT2D eigenvalue weighted by molar-refractivity contribution is -0.120. The van der Waals surface area contributed by atoms with Crippen LogP contribution in [0.5, 0.6) is 0 Å². The first kappa shape index (κ1) is 14.3. The smallest absolute Gasteiger partial charge is 0.318 e. The molecule has 7 heteroatoms. The quantitative estimate of drug-likeness (QED) is 0.703. The molecule has 108 valence electrons. The molecule has 0 unspecified atom stereocenters. The molecule has 4 N–H and O–H groups in total. The number of aromatic nitrogens is 1. The Hall–Kier alpha value is -2.15. The summed E-state index contributed by atoms with van der Waals surface area (Å²) >= 11 is 0. The topological polar surface area (TPSA) is 108 Å². The van der Waals surface area contributed by atoms with Gasteiger partial charge in [-0.25, -0.2) is 4.79 Å². The van der Waals surface area contributed by atoms with Crippen molar-refractivity contribution in [1.82, 2.24) is 15.2 Å². The van der Waals surface area contributed by atoms with Crippen LogP contribution in [0.3, 0.4) is 0 Å². The van der Waals surface area contributed by atoms with E-state index in [1.54, 1.807) is 6.20 Å². The van der Waals surface area contributed by atoms with Crippen LogP contribution < -0.4 is 16.6 Å². The third kappa shape index (κ3) is 3.67. The number of fused-ring (bicyclic) bond motifs is 1. The van der Waals surface area contributed by atoms with Gasteiger partial charge in [0.15, 0.2) is 0 Å². The van der Waals surface area contributed by atoms with E-state index in [1.807, 2.05) is 11.4 Å². The maximum absolute atomic E-state index is 11.7. The van der Waals surface area contributed by atoms with Gasteiger partial charge < -0.3 is 10.7 Å². The normalized spacial score (nSPS) is 14.6. The first-order valence-corrected chi connectivity index (χ1v) is 6.57. The lowest BCUT2D eigenvalue weighted by Crippen LogP contribution is -2.37. The largest absolute Gasteiger partial charge is 0.351 e. The molecule has 7 nitrogen and oxygen atoms in total. The summed E-state index contributed by atoms with van der Waals surface area (Å²) in [5.74, 6) is -0.368. The maximum atomic E-state index is 11.7. The van der Waals surface area contributed by atoms with Crippen LogP contribution in [0.1, 0.15) is 24.0 Å². The summed E-state index contributed by atoms with van der Waals surface area (Å²) in [5, 5.41) is 2.03. The molecule has 3 amide bonds. The van der Waals surface area contributed by atoms with Crippen LogP contribution in [-0.2, 0) is 17.8 Å². The Bertz CT molecular complexity index is 567. The number of H-pyrrole nitrogens is 1. The fourth-order valence-electron chi connectivity index (χ4n) is 2.39. The molecule has 1 aromatic heterocycles. The Kier molecular flexibility index (Phi) is 4.52. The molecule has 0 spiro atoms. The molecule has 1 aliphatic rings. The molecule has 1 aliphatic heterocycles. The number of carbonyl (C=O) groups excluding carboxylic acids is 2. The van der Waals surface area contributed by atoms with E-state index in [0.29, 0.717) is 19.5 Å². The highest BCUT2D eigenvalue weighted by Crippen LogP contribution is 2.15. The average molecular weight is 278 g/mol. The van der Waals surface area contributed by atoms with Gasteiger partial charge >= 0.3 is 6.03 Å². The van der Waals surface area contributed by atoms with Gasteiger partial charge in [-0.3, -0.25) is 19.8 Å². The number of nitrogens with zero attached hydrogens (tertiary/aromatic N) is 1. The molecular weight excluding hydrogens is 260 g/mol. The van der Waals surface area contributed by atoms with Crippen molar-refractivity contribution in [2.45, 2.75) is 25.8 Å². The van der Waals surface area contributed by atoms with Gasteiger partial charge in [-0.1, -0.05) is 0 Å². The van der Waals surface area contributed by atoms with Crippen LogP contribution in [0.25, 0.3) is 0 Å². The summed E-state index contributed by atoms with van der Waals surface area (Å²) in [6.07, 6.45) is 3.38. The predicted molar refractivity (Wildman–Crippen MR) is 73.0 cm³/mol. The Morgan fingerprint density at radius 3 is 3.00 bits per heavy atom. The minimum absolute atomic E-state index is 0.0429. The standard InChI is InChI=1S/C13H18N4O3/c14-13(20)16-11(18)2-1-6-17-7-4-9-3-5-15-12(19)10(9)8-17/h3,5H,1-2,4,6-8H2,(H,15,19)(H3,14,16,18,20). The van der Waals surface area contributed by atoms with Gasteiger partial charge in [0.05, 0.1) is 0 Å². The second-order valence-corrected chi connectivity index (χ2v) is 4.85. The van der Waals surface area contributed by atoms with E-state index in [2.05, 4.69) is 9.88 Å². The van der Waals surface area contributed by atoms with E-state index >= 15 is 0 Å². The predicted octanol–water partition coefficient (Wildman–Crippen LogP) is -0.292. The molecule has 0 saturated heterocycles. The van der Waals surface area contributed by atoms with Gasteiger partial charge in [0.1, 0.15) is 0 Å². The van der Waals surface area contributed by atoms with E-state index in [0.717, 1.165) is 24.1 Å². The van der Waals surface area contributed by atoms with Crippen LogP contribution in [0.15, 0.2) is 17.1 Å². The van der Waals surface area contributed by atoms with Crippen molar-refractivity contribution < 1.29 is 9.59 Å². The maximum Gasteiger partial charge on any atom is 0.318 e. The monoisotopic (exact) mass is 278 g/mol. The molecule has 0 atom stereocenters. The number of aromatic amines is 1. The molecular formula is C13H18N4O3. The third-order valence-electron chi connectivity index (χ3n) is 3.38. The second kappa shape index (κ2) is 6.33.